The topological polar surface area (TPSA) is 60.0 Å². The minimum Gasteiger partial charge on any atom is -0.493 e. The molecule has 0 aromatic heterocycles. The molecule has 1 unspecified atom stereocenters. The van der Waals surface area contributed by atoms with Gasteiger partial charge in [0.25, 0.3) is 0 Å². The lowest BCUT2D eigenvalue weighted by Gasteiger charge is -2.20. The second-order valence-electron chi connectivity index (χ2n) is 3.61. The summed E-state index contributed by atoms with van der Waals surface area (Å²) in [5.74, 6) is 1.25. The van der Waals surface area contributed by atoms with Crippen LogP contribution in [0.15, 0.2) is 6.07 Å². The fourth-order valence-electron chi connectivity index (χ4n) is 1.75. The summed E-state index contributed by atoms with van der Waals surface area (Å²) in [4.78, 5) is 0. The lowest BCUT2D eigenvalue weighted by molar-refractivity contribution is 0.172. The number of methoxy groups -OCH3 is 3. The minimum atomic E-state index is -0.794. The molecule has 0 aliphatic heterocycles. The van der Waals surface area contributed by atoms with Gasteiger partial charge in [0.15, 0.2) is 11.5 Å². The molecule has 0 radical (unpaired) electrons. The van der Waals surface area contributed by atoms with E-state index in [1.54, 1.807) is 13.1 Å². The molecule has 102 valence electrons. The summed E-state index contributed by atoms with van der Waals surface area (Å²) in [6.45, 7) is 0.353. The summed E-state index contributed by atoms with van der Waals surface area (Å²) < 4.78 is 15.7. The highest BCUT2D eigenvalue weighted by Crippen LogP contribution is 2.46. The van der Waals surface area contributed by atoms with Crippen LogP contribution >= 0.6 is 11.6 Å². The monoisotopic (exact) mass is 275 g/mol. The van der Waals surface area contributed by atoms with Crippen molar-refractivity contribution in [3.05, 3.63) is 16.7 Å². The molecule has 0 bridgehead atoms. The molecule has 0 aliphatic carbocycles. The number of halogens is 1. The van der Waals surface area contributed by atoms with Gasteiger partial charge in [0, 0.05) is 18.2 Å². The minimum absolute atomic E-state index is 0.353. The first-order valence-corrected chi connectivity index (χ1v) is 5.79. The van der Waals surface area contributed by atoms with Gasteiger partial charge in [-0.1, -0.05) is 11.6 Å². The second-order valence-corrected chi connectivity index (χ2v) is 4.02. The Hall–Kier alpha value is -1.17. The zero-order valence-corrected chi connectivity index (χ0v) is 11.7. The lowest BCUT2D eigenvalue weighted by atomic mass is 10.1. The zero-order valence-electron chi connectivity index (χ0n) is 10.9. The summed E-state index contributed by atoms with van der Waals surface area (Å²) in [5, 5.41) is 13.3. The van der Waals surface area contributed by atoms with E-state index in [0.29, 0.717) is 34.4 Å². The Bertz CT molecular complexity index is 412. The smallest absolute Gasteiger partial charge is 0.203 e. The molecule has 0 fully saturated rings. The molecule has 0 amide bonds. The van der Waals surface area contributed by atoms with Crippen LogP contribution < -0.4 is 19.5 Å². The van der Waals surface area contributed by atoms with Gasteiger partial charge in [-0.15, -0.1) is 0 Å². The highest BCUT2D eigenvalue weighted by molar-refractivity contribution is 6.32. The van der Waals surface area contributed by atoms with Gasteiger partial charge < -0.3 is 24.6 Å². The third-order valence-electron chi connectivity index (χ3n) is 2.55. The van der Waals surface area contributed by atoms with E-state index in [2.05, 4.69) is 5.32 Å². The van der Waals surface area contributed by atoms with E-state index in [1.165, 1.54) is 21.3 Å². The third-order valence-corrected chi connectivity index (χ3v) is 2.86. The van der Waals surface area contributed by atoms with Crippen LogP contribution in [0.5, 0.6) is 17.2 Å². The Kier molecular flexibility index (Phi) is 5.53. The van der Waals surface area contributed by atoms with Gasteiger partial charge in [0.1, 0.15) is 0 Å². The highest BCUT2D eigenvalue weighted by atomic mass is 35.5. The molecule has 1 atom stereocenters. The fraction of sp³-hybridized carbons (Fsp3) is 0.500. The van der Waals surface area contributed by atoms with Crippen molar-refractivity contribution >= 4 is 11.6 Å². The number of aliphatic hydroxyl groups excluding tert-OH is 1. The number of nitrogens with one attached hydrogen (secondary N) is 1. The van der Waals surface area contributed by atoms with Gasteiger partial charge >= 0.3 is 0 Å². The standard InChI is InChI=1S/C12H18ClNO4/c1-14-6-8(15)10-7(13)5-9(16-2)11(17-3)12(10)18-4/h5,8,14-15H,6H2,1-4H3. The summed E-state index contributed by atoms with van der Waals surface area (Å²) in [6.07, 6.45) is -0.794. The molecule has 0 spiro atoms. The maximum atomic E-state index is 10.1. The summed E-state index contributed by atoms with van der Waals surface area (Å²) in [6, 6.07) is 1.59. The van der Waals surface area contributed by atoms with Crippen molar-refractivity contribution in [2.45, 2.75) is 6.10 Å². The number of hydrogen-bond donors (Lipinski definition) is 2. The van der Waals surface area contributed by atoms with Crippen LogP contribution in [0.3, 0.4) is 0 Å². The Morgan fingerprint density at radius 2 is 1.83 bits per heavy atom. The van der Waals surface area contributed by atoms with Gasteiger partial charge in [-0.2, -0.15) is 0 Å². The number of hydrogen-bond acceptors (Lipinski definition) is 5. The van der Waals surface area contributed by atoms with Crippen LogP contribution in [0.1, 0.15) is 11.7 Å². The number of aliphatic hydroxyl groups is 1. The van der Waals surface area contributed by atoms with Gasteiger partial charge in [0.2, 0.25) is 5.75 Å². The summed E-state index contributed by atoms with van der Waals surface area (Å²) >= 11 is 6.15. The maximum Gasteiger partial charge on any atom is 0.203 e. The van der Waals surface area contributed by atoms with Crippen molar-refractivity contribution in [1.29, 1.82) is 0 Å². The molecule has 18 heavy (non-hydrogen) atoms. The molecular formula is C12H18ClNO4. The molecule has 5 nitrogen and oxygen atoms in total. The van der Waals surface area contributed by atoms with Crippen molar-refractivity contribution in [2.75, 3.05) is 34.9 Å². The van der Waals surface area contributed by atoms with Crippen molar-refractivity contribution in [3.63, 3.8) is 0 Å². The van der Waals surface area contributed by atoms with Crippen molar-refractivity contribution in [2.24, 2.45) is 0 Å². The summed E-state index contributed by atoms with van der Waals surface area (Å²) in [7, 11) is 6.24. The molecule has 1 rings (SSSR count). The highest BCUT2D eigenvalue weighted by Gasteiger charge is 2.24. The van der Waals surface area contributed by atoms with Crippen LogP contribution in [0.25, 0.3) is 0 Å². The van der Waals surface area contributed by atoms with Crippen LogP contribution in [0.4, 0.5) is 0 Å². The van der Waals surface area contributed by atoms with Crippen molar-refractivity contribution in [3.8, 4) is 17.2 Å². The Morgan fingerprint density at radius 3 is 2.28 bits per heavy atom. The van der Waals surface area contributed by atoms with Crippen LogP contribution in [-0.4, -0.2) is 40.0 Å². The molecular weight excluding hydrogens is 258 g/mol. The first-order valence-electron chi connectivity index (χ1n) is 5.41. The molecule has 0 heterocycles. The number of benzene rings is 1. The fourth-order valence-corrected chi connectivity index (χ4v) is 2.07. The Morgan fingerprint density at radius 1 is 1.22 bits per heavy atom. The van der Waals surface area contributed by atoms with Gasteiger partial charge in [0.05, 0.1) is 32.5 Å². The largest absolute Gasteiger partial charge is 0.493 e. The molecule has 1 aromatic rings. The van der Waals surface area contributed by atoms with E-state index in [1.807, 2.05) is 0 Å². The van der Waals surface area contributed by atoms with Crippen molar-refractivity contribution in [1.82, 2.24) is 5.32 Å². The Labute approximate surface area is 112 Å². The van der Waals surface area contributed by atoms with Crippen molar-refractivity contribution < 1.29 is 19.3 Å². The number of ether oxygens (including phenoxy) is 3. The SMILES string of the molecule is CNCC(O)c1c(Cl)cc(OC)c(OC)c1OC. The Balaban J connectivity index is 3.40. The normalized spacial score (nSPS) is 12.1. The van der Waals surface area contributed by atoms with Crippen LogP contribution in [0.2, 0.25) is 5.02 Å². The van der Waals surface area contributed by atoms with E-state index in [9.17, 15) is 5.11 Å². The molecule has 0 aliphatic rings. The van der Waals surface area contributed by atoms with Gasteiger partial charge in [-0.3, -0.25) is 0 Å². The van der Waals surface area contributed by atoms with Crippen LogP contribution in [-0.2, 0) is 0 Å². The van der Waals surface area contributed by atoms with E-state index in [4.69, 9.17) is 25.8 Å². The van der Waals surface area contributed by atoms with E-state index in [0.717, 1.165) is 0 Å². The van der Waals surface area contributed by atoms with Gasteiger partial charge in [-0.05, 0) is 7.05 Å². The number of rotatable bonds is 6. The molecule has 0 saturated carbocycles. The molecule has 0 saturated heterocycles. The molecule has 2 N–H and O–H groups in total. The number of likely N-dealkylation sites (N-methyl/N-ethyl adjacent to an activating group) is 1. The summed E-state index contributed by atoms with van der Waals surface area (Å²) in [5.41, 5.74) is 0.478. The third kappa shape index (κ3) is 2.80. The second kappa shape index (κ2) is 6.68. The van der Waals surface area contributed by atoms with E-state index in [-0.39, 0.29) is 0 Å². The predicted molar refractivity (Wildman–Crippen MR) is 70.0 cm³/mol. The van der Waals surface area contributed by atoms with E-state index < -0.39 is 6.10 Å². The quantitative estimate of drug-likeness (QED) is 0.826. The van der Waals surface area contributed by atoms with Crippen LogP contribution in [0, 0.1) is 0 Å². The molecule has 6 heteroatoms. The first-order chi connectivity index (χ1) is 8.60. The van der Waals surface area contributed by atoms with E-state index >= 15 is 0 Å². The maximum absolute atomic E-state index is 10.1. The lowest BCUT2D eigenvalue weighted by Crippen LogP contribution is -2.18. The van der Waals surface area contributed by atoms with Gasteiger partial charge in [-0.25, -0.2) is 0 Å². The zero-order chi connectivity index (χ0) is 13.7. The molecule has 1 aromatic carbocycles. The average Bonchev–Trinajstić information content (AvgIpc) is 2.37. The predicted octanol–water partition coefficient (Wildman–Crippen LogP) is 1.62. The average molecular weight is 276 g/mol. The first kappa shape index (κ1) is 14.9.